The number of ether oxygens (including phenoxy) is 1. The molecule has 4 rings (SSSR count). The molecule has 0 radical (unpaired) electrons. The van der Waals surface area contributed by atoms with Gasteiger partial charge in [0, 0.05) is 29.2 Å². The molecule has 1 aliphatic heterocycles. The fraction of sp³-hybridized carbons (Fsp3) is 0.611. The molecule has 1 saturated heterocycles. The molecule has 2 bridgehead atoms. The summed E-state index contributed by atoms with van der Waals surface area (Å²) in [5.74, 6) is 3.17. The first-order valence-electron chi connectivity index (χ1n) is 8.59. The lowest BCUT2D eigenvalue weighted by molar-refractivity contribution is 0.234. The summed E-state index contributed by atoms with van der Waals surface area (Å²) in [5, 5.41) is 6.52. The van der Waals surface area contributed by atoms with Crippen LogP contribution in [0.2, 0.25) is 0 Å². The molecule has 0 spiro atoms. The highest BCUT2D eigenvalue weighted by molar-refractivity contribution is 8.00. The van der Waals surface area contributed by atoms with Crippen LogP contribution in [0.15, 0.2) is 23.1 Å². The summed E-state index contributed by atoms with van der Waals surface area (Å²) in [6.07, 6.45) is 5.64. The van der Waals surface area contributed by atoms with Crippen molar-refractivity contribution in [2.75, 3.05) is 20.2 Å². The number of amides is 2. The molecule has 1 aromatic rings. The van der Waals surface area contributed by atoms with Gasteiger partial charge in [-0.1, -0.05) is 12.5 Å². The quantitative estimate of drug-likeness (QED) is 0.889. The van der Waals surface area contributed by atoms with Crippen molar-refractivity contribution in [1.82, 2.24) is 10.6 Å². The van der Waals surface area contributed by atoms with Gasteiger partial charge in [-0.2, -0.15) is 0 Å². The van der Waals surface area contributed by atoms with Crippen molar-refractivity contribution in [3.8, 4) is 5.75 Å². The van der Waals surface area contributed by atoms with Crippen molar-refractivity contribution >= 4 is 17.8 Å². The maximum absolute atomic E-state index is 11.3. The number of benzene rings is 1. The predicted molar refractivity (Wildman–Crippen MR) is 92.2 cm³/mol. The Kier molecular flexibility index (Phi) is 4.14. The van der Waals surface area contributed by atoms with E-state index in [4.69, 9.17) is 4.74 Å². The number of hydrogen-bond donors (Lipinski definition) is 2. The third-order valence-corrected chi connectivity index (χ3v) is 7.08. The van der Waals surface area contributed by atoms with E-state index >= 15 is 0 Å². The second-order valence-electron chi connectivity index (χ2n) is 7.03. The zero-order valence-electron chi connectivity index (χ0n) is 13.5. The second kappa shape index (κ2) is 6.27. The molecule has 2 aliphatic carbocycles. The van der Waals surface area contributed by atoms with E-state index in [0.717, 1.165) is 22.8 Å². The Balaban J connectivity index is 1.52. The first-order chi connectivity index (χ1) is 11.2. The van der Waals surface area contributed by atoms with Gasteiger partial charge >= 0.3 is 6.03 Å². The molecule has 3 fully saturated rings. The molecule has 23 heavy (non-hydrogen) atoms. The first-order valence-corrected chi connectivity index (χ1v) is 9.47. The summed E-state index contributed by atoms with van der Waals surface area (Å²) < 4.78 is 5.59. The molecule has 124 valence electrons. The predicted octanol–water partition coefficient (Wildman–Crippen LogP) is 3.37. The maximum atomic E-state index is 11.3. The third kappa shape index (κ3) is 3.03. The molecule has 2 N–H and O–H groups in total. The van der Waals surface area contributed by atoms with E-state index < -0.39 is 0 Å². The number of urea groups is 1. The highest BCUT2D eigenvalue weighted by atomic mass is 32.2. The fourth-order valence-electron chi connectivity index (χ4n) is 4.34. The van der Waals surface area contributed by atoms with Crippen molar-refractivity contribution in [2.45, 2.75) is 41.7 Å². The molecule has 0 aromatic heterocycles. The summed E-state index contributed by atoms with van der Waals surface area (Å²) in [7, 11) is 1.75. The van der Waals surface area contributed by atoms with E-state index in [1.807, 2.05) is 11.8 Å². The highest BCUT2D eigenvalue weighted by Gasteiger charge is 2.40. The average molecular weight is 332 g/mol. The molecule has 5 heteroatoms. The van der Waals surface area contributed by atoms with E-state index in [0.29, 0.717) is 19.0 Å². The van der Waals surface area contributed by atoms with Gasteiger partial charge in [-0.25, -0.2) is 4.79 Å². The van der Waals surface area contributed by atoms with Crippen LogP contribution in [0.3, 0.4) is 0 Å². The van der Waals surface area contributed by atoms with Crippen molar-refractivity contribution in [1.29, 1.82) is 0 Å². The topological polar surface area (TPSA) is 50.4 Å². The maximum Gasteiger partial charge on any atom is 0.314 e. The molecule has 2 saturated carbocycles. The van der Waals surface area contributed by atoms with E-state index in [2.05, 4.69) is 28.8 Å². The number of carbonyl (C=O) groups is 1. The van der Waals surface area contributed by atoms with Crippen LogP contribution in [0.1, 0.15) is 37.2 Å². The molecular weight excluding hydrogens is 308 g/mol. The Labute approximate surface area is 141 Å². The monoisotopic (exact) mass is 332 g/mol. The first kappa shape index (κ1) is 15.2. The van der Waals surface area contributed by atoms with Crippen molar-refractivity contribution < 1.29 is 9.53 Å². The average Bonchev–Trinajstić information content (AvgIpc) is 3.18. The molecule has 2 amide bonds. The summed E-state index contributed by atoms with van der Waals surface area (Å²) in [4.78, 5) is 12.5. The number of thioether (sulfide) groups is 1. The van der Waals surface area contributed by atoms with Crippen molar-refractivity contribution in [2.24, 2.45) is 11.8 Å². The third-order valence-electron chi connectivity index (χ3n) is 5.63. The van der Waals surface area contributed by atoms with Gasteiger partial charge in [-0.05, 0) is 48.8 Å². The Morgan fingerprint density at radius 3 is 2.65 bits per heavy atom. The van der Waals surface area contributed by atoms with Crippen LogP contribution in [-0.2, 0) is 0 Å². The zero-order valence-corrected chi connectivity index (χ0v) is 14.3. The molecule has 4 nitrogen and oxygen atoms in total. The Morgan fingerprint density at radius 1 is 1.17 bits per heavy atom. The summed E-state index contributed by atoms with van der Waals surface area (Å²) in [6, 6.07) is 6.43. The number of fused-ring (bicyclic) bond motifs is 2. The molecule has 3 aliphatic rings. The van der Waals surface area contributed by atoms with Crippen LogP contribution in [0.4, 0.5) is 4.79 Å². The summed E-state index contributed by atoms with van der Waals surface area (Å²) in [5.41, 5.74) is 1.28. The van der Waals surface area contributed by atoms with Crippen LogP contribution >= 0.6 is 11.8 Å². The number of hydrogen-bond acceptors (Lipinski definition) is 3. The Morgan fingerprint density at radius 2 is 2.00 bits per heavy atom. The van der Waals surface area contributed by atoms with Gasteiger partial charge < -0.3 is 15.4 Å². The highest BCUT2D eigenvalue weighted by Crippen LogP contribution is 2.52. The number of carbonyl (C=O) groups excluding carboxylic acids is 1. The fourth-order valence-corrected chi connectivity index (χ4v) is 5.94. The normalized spacial score (nSPS) is 30.1. The van der Waals surface area contributed by atoms with E-state index in [-0.39, 0.29) is 6.03 Å². The van der Waals surface area contributed by atoms with Crippen LogP contribution in [0.25, 0.3) is 0 Å². The van der Waals surface area contributed by atoms with Crippen LogP contribution in [0.5, 0.6) is 5.75 Å². The van der Waals surface area contributed by atoms with Crippen molar-refractivity contribution in [3.63, 3.8) is 0 Å². The van der Waals surface area contributed by atoms with Crippen LogP contribution < -0.4 is 15.4 Å². The standard InChI is InChI=1S/C18H24N2O2S/c1-22-15-5-4-12(14-9-19-18(21)20-10-14)8-17(15)23-16-7-11-2-3-13(16)6-11/h4-5,8,11,13-14,16H,2-3,6-7,9-10H2,1H3,(H2,19,20,21)/t11?,13?,16-/m1/s1. The summed E-state index contributed by atoms with van der Waals surface area (Å²) in [6.45, 7) is 1.41. The van der Waals surface area contributed by atoms with Gasteiger partial charge in [0.2, 0.25) is 0 Å². The lowest BCUT2D eigenvalue weighted by atomic mass is 9.98. The minimum absolute atomic E-state index is 0.0636. The van der Waals surface area contributed by atoms with Crippen molar-refractivity contribution in [3.05, 3.63) is 23.8 Å². The zero-order chi connectivity index (χ0) is 15.8. The van der Waals surface area contributed by atoms with Gasteiger partial charge in [0.25, 0.3) is 0 Å². The number of rotatable bonds is 4. The molecule has 3 atom stereocenters. The van der Waals surface area contributed by atoms with Crippen LogP contribution in [0, 0.1) is 11.8 Å². The smallest absolute Gasteiger partial charge is 0.314 e. The lowest BCUT2D eigenvalue weighted by Crippen LogP contribution is -2.47. The molecular formula is C18H24N2O2S. The van der Waals surface area contributed by atoms with Gasteiger partial charge in [0.15, 0.2) is 0 Å². The van der Waals surface area contributed by atoms with Gasteiger partial charge in [0.05, 0.1) is 7.11 Å². The SMILES string of the molecule is COc1ccc(C2CNC(=O)NC2)cc1S[C@@H]1CC2CCC1C2. The van der Waals surface area contributed by atoms with Gasteiger partial charge in [-0.15, -0.1) is 11.8 Å². The van der Waals surface area contributed by atoms with E-state index in [1.54, 1.807) is 7.11 Å². The van der Waals surface area contributed by atoms with E-state index in [1.165, 1.54) is 36.1 Å². The van der Waals surface area contributed by atoms with E-state index in [9.17, 15) is 4.79 Å². The number of nitrogens with one attached hydrogen (secondary N) is 2. The largest absolute Gasteiger partial charge is 0.496 e. The molecule has 1 heterocycles. The number of methoxy groups -OCH3 is 1. The van der Waals surface area contributed by atoms with Gasteiger partial charge in [0.1, 0.15) is 5.75 Å². The molecule has 1 aromatic carbocycles. The Bertz CT molecular complexity index is 597. The second-order valence-corrected chi connectivity index (χ2v) is 8.31. The summed E-state index contributed by atoms with van der Waals surface area (Å²) >= 11 is 2.01. The molecule has 2 unspecified atom stereocenters. The minimum atomic E-state index is -0.0636. The lowest BCUT2D eigenvalue weighted by Gasteiger charge is -2.26. The van der Waals surface area contributed by atoms with Gasteiger partial charge in [-0.3, -0.25) is 0 Å². The Hall–Kier alpha value is -1.36. The van der Waals surface area contributed by atoms with Crippen LogP contribution in [-0.4, -0.2) is 31.5 Å². The minimum Gasteiger partial charge on any atom is -0.496 e.